The Balaban J connectivity index is 1.63. The van der Waals surface area contributed by atoms with Crippen LogP contribution in [0.2, 0.25) is 0 Å². The summed E-state index contributed by atoms with van der Waals surface area (Å²) in [6, 6.07) is 9.44. The van der Waals surface area contributed by atoms with Crippen LogP contribution in [0.25, 0.3) is 0 Å². The van der Waals surface area contributed by atoms with Gasteiger partial charge in [0.1, 0.15) is 0 Å². The molecule has 0 fully saturated rings. The lowest BCUT2D eigenvalue weighted by Gasteiger charge is -2.01. The molecule has 2 aromatic rings. The SMILES string of the molecule is O=C(Cc1cc(=O)[nH]c(=S)[nH]1)NN=C1Cc2ccccc2C1. The zero-order chi connectivity index (χ0) is 15.5. The molecule has 0 radical (unpaired) electrons. The molecule has 22 heavy (non-hydrogen) atoms. The Hall–Kier alpha value is -2.54. The Kier molecular flexibility index (Phi) is 3.97. The molecule has 6 nitrogen and oxygen atoms in total. The van der Waals surface area contributed by atoms with Gasteiger partial charge in [0.15, 0.2) is 4.77 Å². The smallest absolute Gasteiger partial charge is 0.251 e. The molecule has 0 aliphatic heterocycles. The molecule has 1 aliphatic carbocycles. The van der Waals surface area contributed by atoms with Gasteiger partial charge in [-0.25, -0.2) is 5.43 Å². The Bertz CT molecular complexity index is 811. The summed E-state index contributed by atoms with van der Waals surface area (Å²) in [7, 11) is 0. The molecule has 1 heterocycles. The zero-order valence-electron chi connectivity index (χ0n) is 11.7. The van der Waals surface area contributed by atoms with Gasteiger partial charge in [-0.05, 0) is 23.3 Å². The molecule has 0 saturated heterocycles. The lowest BCUT2D eigenvalue weighted by Crippen LogP contribution is -2.23. The average Bonchev–Trinajstić information content (AvgIpc) is 2.87. The Morgan fingerprint density at radius 2 is 1.91 bits per heavy atom. The van der Waals surface area contributed by atoms with Gasteiger partial charge in [0.2, 0.25) is 5.91 Å². The van der Waals surface area contributed by atoms with Gasteiger partial charge >= 0.3 is 0 Å². The number of fused-ring (bicyclic) bond motifs is 1. The van der Waals surface area contributed by atoms with Crippen LogP contribution in [0.15, 0.2) is 40.2 Å². The summed E-state index contributed by atoms with van der Waals surface area (Å²) in [5.41, 5.74) is 6.07. The normalized spacial score (nSPS) is 12.8. The Morgan fingerprint density at radius 3 is 2.55 bits per heavy atom. The van der Waals surface area contributed by atoms with Crippen molar-refractivity contribution in [3.8, 4) is 0 Å². The maximum atomic E-state index is 11.9. The second-order valence-corrected chi connectivity index (χ2v) is 5.53. The fraction of sp³-hybridized carbons (Fsp3) is 0.200. The third-order valence-corrected chi connectivity index (χ3v) is 3.62. The van der Waals surface area contributed by atoms with E-state index >= 15 is 0 Å². The third-order valence-electron chi connectivity index (χ3n) is 3.41. The largest absolute Gasteiger partial charge is 0.335 e. The second-order valence-electron chi connectivity index (χ2n) is 5.13. The van der Waals surface area contributed by atoms with E-state index in [0.717, 1.165) is 18.6 Å². The Morgan fingerprint density at radius 1 is 1.23 bits per heavy atom. The number of nitrogens with zero attached hydrogens (tertiary/aromatic N) is 1. The quantitative estimate of drug-likeness (QED) is 0.588. The van der Waals surface area contributed by atoms with E-state index in [2.05, 4.69) is 32.6 Å². The highest BCUT2D eigenvalue weighted by atomic mass is 32.1. The highest BCUT2D eigenvalue weighted by Crippen LogP contribution is 2.19. The molecule has 0 spiro atoms. The number of aromatic nitrogens is 2. The fourth-order valence-electron chi connectivity index (χ4n) is 2.45. The maximum absolute atomic E-state index is 11.9. The van der Waals surface area contributed by atoms with Crippen LogP contribution in [0, 0.1) is 4.77 Å². The van der Waals surface area contributed by atoms with Gasteiger partial charge in [0, 0.05) is 30.3 Å². The van der Waals surface area contributed by atoms with Crippen LogP contribution in [-0.2, 0) is 24.1 Å². The second kappa shape index (κ2) is 6.07. The first-order valence-corrected chi connectivity index (χ1v) is 7.24. The predicted molar refractivity (Wildman–Crippen MR) is 85.4 cm³/mol. The number of hydrogen-bond donors (Lipinski definition) is 3. The molecule has 1 amide bonds. The molecule has 3 rings (SSSR count). The minimum absolute atomic E-state index is 0.0251. The van der Waals surface area contributed by atoms with Crippen molar-refractivity contribution in [3.05, 3.63) is 62.3 Å². The van der Waals surface area contributed by atoms with Crippen molar-refractivity contribution in [2.75, 3.05) is 0 Å². The van der Waals surface area contributed by atoms with Crippen molar-refractivity contribution in [2.45, 2.75) is 19.3 Å². The van der Waals surface area contributed by atoms with Gasteiger partial charge in [-0.1, -0.05) is 24.3 Å². The van der Waals surface area contributed by atoms with Gasteiger partial charge in [-0.15, -0.1) is 0 Å². The fourth-order valence-corrected chi connectivity index (χ4v) is 2.68. The maximum Gasteiger partial charge on any atom is 0.251 e. The van der Waals surface area contributed by atoms with E-state index in [9.17, 15) is 9.59 Å². The molecule has 3 N–H and O–H groups in total. The summed E-state index contributed by atoms with van der Waals surface area (Å²) >= 11 is 4.86. The van der Waals surface area contributed by atoms with Crippen LogP contribution >= 0.6 is 12.2 Å². The summed E-state index contributed by atoms with van der Waals surface area (Å²) < 4.78 is 0.202. The van der Waals surface area contributed by atoms with Crippen molar-refractivity contribution < 1.29 is 4.79 Å². The van der Waals surface area contributed by atoms with E-state index in [1.165, 1.54) is 17.2 Å². The van der Waals surface area contributed by atoms with Crippen molar-refractivity contribution in [1.82, 2.24) is 15.4 Å². The molecule has 1 aromatic carbocycles. The van der Waals surface area contributed by atoms with E-state index in [-0.39, 0.29) is 22.7 Å². The highest BCUT2D eigenvalue weighted by molar-refractivity contribution is 7.71. The number of benzene rings is 1. The van der Waals surface area contributed by atoms with Gasteiger partial charge in [-0.2, -0.15) is 5.10 Å². The lowest BCUT2D eigenvalue weighted by molar-refractivity contribution is -0.120. The number of hydrazone groups is 1. The van der Waals surface area contributed by atoms with E-state index < -0.39 is 0 Å². The summed E-state index contributed by atoms with van der Waals surface area (Å²) in [4.78, 5) is 28.4. The highest BCUT2D eigenvalue weighted by Gasteiger charge is 2.16. The van der Waals surface area contributed by atoms with Gasteiger partial charge in [0.25, 0.3) is 5.56 Å². The number of rotatable bonds is 3. The average molecular weight is 314 g/mol. The Labute approximate surface area is 131 Å². The van der Waals surface area contributed by atoms with Gasteiger partial charge in [0.05, 0.1) is 6.42 Å². The summed E-state index contributed by atoms with van der Waals surface area (Å²) in [5, 5.41) is 4.17. The van der Waals surface area contributed by atoms with E-state index in [1.807, 2.05) is 12.1 Å². The molecular weight excluding hydrogens is 300 g/mol. The first-order valence-electron chi connectivity index (χ1n) is 6.84. The summed E-state index contributed by atoms with van der Waals surface area (Å²) in [5.74, 6) is -0.292. The van der Waals surface area contributed by atoms with Crippen LogP contribution in [0.3, 0.4) is 0 Å². The van der Waals surface area contributed by atoms with Crippen molar-refractivity contribution >= 4 is 23.8 Å². The molecule has 0 unspecified atom stereocenters. The van der Waals surface area contributed by atoms with Crippen molar-refractivity contribution in [3.63, 3.8) is 0 Å². The van der Waals surface area contributed by atoms with Crippen LogP contribution in [-0.4, -0.2) is 21.6 Å². The summed E-state index contributed by atoms with van der Waals surface area (Å²) in [6.45, 7) is 0. The molecule has 1 aliphatic rings. The van der Waals surface area contributed by atoms with Gasteiger partial charge < -0.3 is 4.98 Å². The molecule has 0 saturated carbocycles. The third kappa shape index (κ3) is 3.37. The number of H-pyrrole nitrogens is 2. The number of nitrogens with one attached hydrogen (secondary N) is 3. The minimum Gasteiger partial charge on any atom is -0.335 e. The topological polar surface area (TPSA) is 90.1 Å². The number of carbonyl (C=O) groups is 1. The standard InChI is InChI=1S/C15H14N4O2S/c20-13-7-11(16-15(22)17-13)8-14(21)19-18-12-5-9-3-1-2-4-10(9)6-12/h1-4,7H,5-6,8H2,(H,19,21)(H2,16,17,20,22). The van der Waals surface area contributed by atoms with Crippen LogP contribution < -0.4 is 11.0 Å². The van der Waals surface area contributed by atoms with Crippen LogP contribution in [0.5, 0.6) is 0 Å². The van der Waals surface area contributed by atoms with E-state index in [4.69, 9.17) is 12.2 Å². The van der Waals surface area contributed by atoms with Crippen molar-refractivity contribution in [1.29, 1.82) is 0 Å². The molecule has 0 bridgehead atoms. The molecule has 1 aromatic heterocycles. The number of amides is 1. The first-order chi connectivity index (χ1) is 10.6. The number of hydrogen-bond acceptors (Lipinski definition) is 4. The summed E-state index contributed by atoms with van der Waals surface area (Å²) in [6.07, 6.45) is 1.53. The molecule has 112 valence electrons. The zero-order valence-corrected chi connectivity index (χ0v) is 12.5. The van der Waals surface area contributed by atoms with Crippen molar-refractivity contribution in [2.24, 2.45) is 5.10 Å². The predicted octanol–water partition coefficient (Wildman–Crippen LogP) is 1.25. The van der Waals surface area contributed by atoms with Crippen LogP contribution in [0.1, 0.15) is 16.8 Å². The van der Waals surface area contributed by atoms with Gasteiger partial charge in [-0.3, -0.25) is 14.6 Å². The lowest BCUT2D eigenvalue weighted by atomic mass is 10.1. The molecular formula is C15H14N4O2S. The monoisotopic (exact) mass is 314 g/mol. The molecule has 0 atom stereocenters. The van der Waals surface area contributed by atoms with Crippen LogP contribution in [0.4, 0.5) is 0 Å². The number of carbonyl (C=O) groups excluding carboxylic acids is 1. The molecule has 7 heteroatoms. The number of aromatic amines is 2. The first kappa shape index (κ1) is 14.4. The minimum atomic E-state index is -0.330. The van der Waals surface area contributed by atoms with E-state index in [1.54, 1.807) is 0 Å². The van der Waals surface area contributed by atoms with E-state index in [0.29, 0.717) is 5.69 Å².